The van der Waals surface area contributed by atoms with Crippen molar-refractivity contribution in [2.24, 2.45) is 0 Å². The van der Waals surface area contributed by atoms with E-state index >= 15 is 0 Å². The molecule has 0 aliphatic heterocycles. The summed E-state index contributed by atoms with van der Waals surface area (Å²) < 4.78 is 0. The molecule has 0 bridgehead atoms. The first-order valence-electron chi connectivity index (χ1n) is 6.81. The van der Waals surface area contributed by atoms with E-state index in [2.05, 4.69) is 5.32 Å². The minimum atomic E-state index is -0.553. The Bertz CT molecular complexity index is 752. The second-order valence-corrected chi connectivity index (χ2v) is 6.21. The molecule has 0 heterocycles. The summed E-state index contributed by atoms with van der Waals surface area (Å²) in [4.78, 5) is 23.8. The van der Waals surface area contributed by atoms with Crippen molar-refractivity contribution in [2.45, 2.75) is 17.9 Å². The molecule has 7 heteroatoms. The number of nitrogens with one attached hydrogen (secondary N) is 1. The van der Waals surface area contributed by atoms with Gasteiger partial charge >= 0.3 is 0 Å². The third-order valence-electron chi connectivity index (χ3n) is 3.34. The largest absolute Gasteiger partial charge is 0.345 e. The quantitative estimate of drug-likeness (QED) is 0.491. The van der Waals surface area contributed by atoms with Gasteiger partial charge in [0, 0.05) is 16.0 Å². The van der Waals surface area contributed by atoms with Crippen molar-refractivity contribution in [1.29, 1.82) is 0 Å². The van der Waals surface area contributed by atoms with Gasteiger partial charge in [0.1, 0.15) is 5.56 Å². The molecule has 1 atom stereocenters. The average Bonchev–Trinajstić information content (AvgIpc) is 2.54. The smallest absolute Gasteiger partial charge is 0.282 e. The van der Waals surface area contributed by atoms with Crippen LogP contribution >= 0.6 is 23.4 Å². The number of nitro benzene ring substituents is 1. The van der Waals surface area contributed by atoms with E-state index in [0.717, 1.165) is 10.5 Å². The van der Waals surface area contributed by atoms with Gasteiger partial charge in [0.25, 0.3) is 11.6 Å². The lowest BCUT2D eigenvalue weighted by Gasteiger charge is -2.15. The van der Waals surface area contributed by atoms with Crippen LogP contribution in [0.25, 0.3) is 0 Å². The van der Waals surface area contributed by atoms with Gasteiger partial charge < -0.3 is 5.32 Å². The third kappa shape index (κ3) is 4.24. The second-order valence-electron chi connectivity index (χ2n) is 4.89. The number of halogens is 1. The van der Waals surface area contributed by atoms with Crippen molar-refractivity contribution >= 4 is 35.0 Å². The number of rotatable bonds is 5. The molecule has 1 unspecified atom stereocenters. The van der Waals surface area contributed by atoms with Crippen molar-refractivity contribution in [3.8, 4) is 0 Å². The highest BCUT2D eigenvalue weighted by Crippen LogP contribution is 2.26. The zero-order valence-electron chi connectivity index (χ0n) is 12.6. The van der Waals surface area contributed by atoms with Gasteiger partial charge in [0.15, 0.2) is 0 Å². The fourth-order valence-corrected chi connectivity index (χ4v) is 2.76. The fourth-order valence-electron chi connectivity index (χ4n) is 2.12. The molecular formula is C16H15ClN2O3S. The first-order valence-corrected chi connectivity index (χ1v) is 8.41. The highest BCUT2D eigenvalue weighted by atomic mass is 35.5. The molecule has 0 fully saturated rings. The molecule has 120 valence electrons. The molecule has 1 N–H and O–H groups in total. The lowest BCUT2D eigenvalue weighted by atomic mass is 10.1. The van der Waals surface area contributed by atoms with E-state index in [9.17, 15) is 14.9 Å². The van der Waals surface area contributed by atoms with Crippen LogP contribution in [0.2, 0.25) is 5.02 Å². The SMILES string of the molecule is CSc1ccc([N+](=O)[O-])c(C(=O)NC(C)c2cccc(Cl)c2)c1. The van der Waals surface area contributed by atoms with Crippen LogP contribution in [-0.4, -0.2) is 17.1 Å². The molecule has 0 aliphatic carbocycles. The number of carbonyl (C=O) groups is 1. The first kappa shape index (κ1) is 17.3. The summed E-state index contributed by atoms with van der Waals surface area (Å²) in [5.74, 6) is -0.486. The minimum Gasteiger partial charge on any atom is -0.345 e. The van der Waals surface area contributed by atoms with E-state index in [1.807, 2.05) is 12.3 Å². The molecule has 1 amide bonds. The van der Waals surface area contributed by atoms with Gasteiger partial charge in [0.2, 0.25) is 0 Å². The highest BCUT2D eigenvalue weighted by molar-refractivity contribution is 7.98. The summed E-state index contributed by atoms with van der Waals surface area (Å²) in [6, 6.07) is 11.3. The highest BCUT2D eigenvalue weighted by Gasteiger charge is 2.22. The maximum absolute atomic E-state index is 12.4. The summed E-state index contributed by atoms with van der Waals surface area (Å²) in [5.41, 5.74) is 0.670. The molecule has 23 heavy (non-hydrogen) atoms. The summed E-state index contributed by atoms with van der Waals surface area (Å²) >= 11 is 7.36. The van der Waals surface area contributed by atoms with E-state index in [1.54, 1.807) is 31.2 Å². The van der Waals surface area contributed by atoms with Gasteiger partial charge in [-0.15, -0.1) is 11.8 Å². The molecule has 0 spiro atoms. The molecule has 0 aliphatic rings. The number of nitrogens with zero attached hydrogens (tertiary/aromatic N) is 1. The predicted molar refractivity (Wildman–Crippen MR) is 92.2 cm³/mol. The molecule has 0 saturated carbocycles. The standard InChI is InChI=1S/C16H15ClN2O3S/c1-10(11-4-3-5-12(17)8-11)18-16(20)14-9-13(23-2)6-7-15(14)19(21)22/h3-10H,1-2H3,(H,18,20). The van der Waals surface area contributed by atoms with Crippen LogP contribution < -0.4 is 5.32 Å². The lowest BCUT2D eigenvalue weighted by Crippen LogP contribution is -2.27. The van der Waals surface area contributed by atoms with E-state index < -0.39 is 10.8 Å². The minimum absolute atomic E-state index is 0.0516. The number of hydrogen-bond acceptors (Lipinski definition) is 4. The Morgan fingerprint density at radius 3 is 2.65 bits per heavy atom. The molecular weight excluding hydrogens is 336 g/mol. The monoisotopic (exact) mass is 350 g/mol. The second kappa shape index (κ2) is 7.48. The molecule has 2 aromatic rings. The van der Waals surface area contributed by atoms with Crippen LogP contribution in [0.15, 0.2) is 47.4 Å². The van der Waals surface area contributed by atoms with E-state index in [4.69, 9.17) is 11.6 Å². The topological polar surface area (TPSA) is 72.2 Å². The van der Waals surface area contributed by atoms with Crippen LogP contribution in [0.3, 0.4) is 0 Å². The maximum atomic E-state index is 12.4. The van der Waals surface area contributed by atoms with E-state index in [1.165, 1.54) is 23.9 Å². The molecule has 2 aromatic carbocycles. The Morgan fingerprint density at radius 1 is 1.30 bits per heavy atom. The Labute approximate surface area is 143 Å². The van der Waals surface area contributed by atoms with Crippen molar-refractivity contribution in [2.75, 3.05) is 6.26 Å². The van der Waals surface area contributed by atoms with Crippen LogP contribution in [0.5, 0.6) is 0 Å². The Kier molecular flexibility index (Phi) is 5.63. The number of amides is 1. The molecule has 0 radical (unpaired) electrons. The van der Waals surface area contributed by atoms with Crippen LogP contribution in [0.4, 0.5) is 5.69 Å². The van der Waals surface area contributed by atoms with Gasteiger partial charge in [-0.2, -0.15) is 0 Å². The van der Waals surface area contributed by atoms with Gasteiger partial charge in [-0.25, -0.2) is 0 Å². The van der Waals surface area contributed by atoms with E-state index in [0.29, 0.717) is 5.02 Å². The number of hydrogen-bond donors (Lipinski definition) is 1. The van der Waals surface area contributed by atoms with Gasteiger partial charge in [0.05, 0.1) is 11.0 Å². The average molecular weight is 351 g/mol. The van der Waals surface area contributed by atoms with Crippen LogP contribution in [0.1, 0.15) is 28.9 Å². The van der Waals surface area contributed by atoms with Crippen molar-refractivity contribution < 1.29 is 9.72 Å². The summed E-state index contributed by atoms with van der Waals surface area (Å²) in [5, 5.41) is 14.5. The number of carbonyl (C=O) groups excluding carboxylic acids is 1. The summed E-state index contributed by atoms with van der Waals surface area (Å²) in [7, 11) is 0. The zero-order chi connectivity index (χ0) is 17.0. The van der Waals surface area contributed by atoms with E-state index in [-0.39, 0.29) is 17.3 Å². The zero-order valence-corrected chi connectivity index (χ0v) is 14.1. The van der Waals surface area contributed by atoms with Crippen LogP contribution in [-0.2, 0) is 0 Å². The van der Waals surface area contributed by atoms with Crippen molar-refractivity contribution in [3.63, 3.8) is 0 Å². The number of benzene rings is 2. The molecule has 5 nitrogen and oxygen atoms in total. The van der Waals surface area contributed by atoms with Gasteiger partial charge in [-0.05, 0) is 43.0 Å². The Hall–Kier alpha value is -2.05. The Morgan fingerprint density at radius 2 is 2.04 bits per heavy atom. The normalized spacial score (nSPS) is 11.8. The number of thioether (sulfide) groups is 1. The molecule has 0 saturated heterocycles. The lowest BCUT2D eigenvalue weighted by molar-refractivity contribution is -0.385. The number of nitro groups is 1. The van der Waals surface area contributed by atoms with Gasteiger partial charge in [-0.1, -0.05) is 23.7 Å². The first-order chi connectivity index (χ1) is 10.9. The van der Waals surface area contributed by atoms with Crippen molar-refractivity contribution in [3.05, 3.63) is 68.7 Å². The maximum Gasteiger partial charge on any atom is 0.282 e. The van der Waals surface area contributed by atoms with Gasteiger partial charge in [-0.3, -0.25) is 14.9 Å². The summed E-state index contributed by atoms with van der Waals surface area (Å²) in [6.07, 6.45) is 1.84. The predicted octanol–water partition coefficient (Wildman–Crippen LogP) is 4.46. The van der Waals surface area contributed by atoms with Crippen LogP contribution in [0, 0.1) is 10.1 Å². The molecule has 0 aromatic heterocycles. The van der Waals surface area contributed by atoms with Crippen molar-refractivity contribution in [1.82, 2.24) is 5.32 Å². The Balaban J connectivity index is 2.28. The fraction of sp³-hybridized carbons (Fsp3) is 0.188. The molecule has 2 rings (SSSR count). The summed E-state index contributed by atoms with van der Waals surface area (Å²) in [6.45, 7) is 1.80. The third-order valence-corrected chi connectivity index (χ3v) is 4.30.